The van der Waals surface area contributed by atoms with Crippen LogP contribution in [0.4, 0.5) is 5.69 Å². The third kappa shape index (κ3) is 4.50. The maximum atomic E-state index is 13.5. The number of ketones is 1. The number of methoxy groups -OCH3 is 1. The molecule has 1 heterocycles. The van der Waals surface area contributed by atoms with Gasteiger partial charge in [0.25, 0.3) is 5.91 Å². The number of anilines is 1. The summed E-state index contributed by atoms with van der Waals surface area (Å²) in [6, 6.07) is 18.3. The molecular formula is C27H22ClNO6. The first-order valence-electron chi connectivity index (χ1n) is 10.8. The summed E-state index contributed by atoms with van der Waals surface area (Å²) in [5.74, 6) is -1.87. The predicted octanol–water partition coefficient (Wildman–Crippen LogP) is 5.31. The molecule has 7 nitrogen and oxygen atoms in total. The molecule has 1 N–H and O–H groups in total. The van der Waals surface area contributed by atoms with Gasteiger partial charge < -0.3 is 14.6 Å². The number of aliphatic hydroxyl groups excluding tert-OH is 1. The molecule has 0 bridgehead atoms. The lowest BCUT2D eigenvalue weighted by atomic mass is 9.92. The zero-order chi connectivity index (χ0) is 25.1. The highest BCUT2D eigenvalue weighted by Gasteiger charge is 2.45. The number of hydrogen-bond donors (Lipinski definition) is 1. The van der Waals surface area contributed by atoms with Gasteiger partial charge in [0.2, 0.25) is 0 Å². The van der Waals surface area contributed by atoms with Crippen molar-refractivity contribution in [2.24, 2.45) is 0 Å². The van der Waals surface area contributed by atoms with E-state index in [4.69, 9.17) is 21.1 Å². The Bertz CT molecular complexity index is 1310. The molecule has 35 heavy (non-hydrogen) atoms. The fourth-order valence-electron chi connectivity index (χ4n) is 3.97. The molecule has 1 atom stereocenters. The second-order valence-corrected chi connectivity index (χ2v) is 8.09. The van der Waals surface area contributed by atoms with Crippen molar-refractivity contribution in [1.29, 1.82) is 0 Å². The Morgan fingerprint density at radius 3 is 2.20 bits per heavy atom. The normalized spacial score (nSPS) is 15.3. The summed E-state index contributed by atoms with van der Waals surface area (Å²) in [7, 11) is 1.51. The van der Waals surface area contributed by atoms with Crippen molar-refractivity contribution < 1.29 is 29.0 Å². The van der Waals surface area contributed by atoms with Crippen molar-refractivity contribution in [3.8, 4) is 5.75 Å². The number of hydrogen-bond acceptors (Lipinski definition) is 6. The number of carbonyl (C=O) groups is 3. The average Bonchev–Trinajstić information content (AvgIpc) is 3.14. The highest BCUT2D eigenvalue weighted by Crippen LogP contribution is 2.44. The molecule has 3 aromatic rings. The number of Topliss-reactive ketones (excluding diaryl/α,β-unsaturated/α-hetero) is 1. The van der Waals surface area contributed by atoms with E-state index >= 15 is 0 Å². The minimum absolute atomic E-state index is 0.0947. The van der Waals surface area contributed by atoms with Crippen LogP contribution in [0.2, 0.25) is 5.02 Å². The fourth-order valence-corrected chi connectivity index (χ4v) is 4.20. The van der Waals surface area contributed by atoms with Gasteiger partial charge >= 0.3 is 5.97 Å². The van der Waals surface area contributed by atoms with Crippen LogP contribution in [0.3, 0.4) is 0 Å². The second-order valence-electron chi connectivity index (χ2n) is 7.69. The van der Waals surface area contributed by atoms with E-state index in [0.717, 1.165) is 0 Å². The Kier molecular flexibility index (Phi) is 6.89. The first-order chi connectivity index (χ1) is 16.9. The van der Waals surface area contributed by atoms with Crippen molar-refractivity contribution >= 4 is 34.9 Å². The quantitative estimate of drug-likeness (QED) is 0.355. The average molecular weight is 492 g/mol. The van der Waals surface area contributed by atoms with Gasteiger partial charge in [0.05, 0.1) is 30.9 Å². The third-order valence-electron chi connectivity index (χ3n) is 5.66. The topological polar surface area (TPSA) is 93.1 Å². The van der Waals surface area contributed by atoms with Gasteiger partial charge in [0.15, 0.2) is 11.5 Å². The highest BCUT2D eigenvalue weighted by atomic mass is 35.5. The van der Waals surface area contributed by atoms with Gasteiger partial charge in [-0.1, -0.05) is 29.8 Å². The van der Waals surface area contributed by atoms with E-state index in [1.54, 1.807) is 67.6 Å². The van der Waals surface area contributed by atoms with Crippen LogP contribution < -0.4 is 9.64 Å². The number of amides is 1. The molecule has 0 radical (unpaired) electrons. The number of benzene rings is 3. The lowest BCUT2D eigenvalue weighted by molar-refractivity contribution is -0.117. The van der Waals surface area contributed by atoms with Gasteiger partial charge in [-0.2, -0.15) is 0 Å². The van der Waals surface area contributed by atoms with Gasteiger partial charge in [0, 0.05) is 16.3 Å². The van der Waals surface area contributed by atoms with Crippen molar-refractivity contribution in [3.63, 3.8) is 0 Å². The number of halogens is 1. The smallest absolute Gasteiger partial charge is 0.338 e. The van der Waals surface area contributed by atoms with Crippen LogP contribution in [0.5, 0.6) is 5.75 Å². The van der Waals surface area contributed by atoms with Crippen LogP contribution in [-0.2, 0) is 9.53 Å². The minimum Gasteiger partial charge on any atom is -0.503 e. The third-order valence-corrected chi connectivity index (χ3v) is 6.01. The van der Waals surface area contributed by atoms with Crippen molar-refractivity contribution in [1.82, 2.24) is 0 Å². The molecule has 0 fully saturated rings. The summed E-state index contributed by atoms with van der Waals surface area (Å²) in [6.45, 7) is 1.94. The first kappa shape index (κ1) is 24.0. The Morgan fingerprint density at radius 2 is 1.60 bits per heavy atom. The van der Waals surface area contributed by atoms with E-state index in [9.17, 15) is 19.5 Å². The molecule has 1 aliphatic rings. The SMILES string of the molecule is CCOC(=O)c1ccc(N2C(=O)C(O)=C(C(=O)c3ccc(OC)cc3)C2c2ccccc2Cl)cc1. The number of esters is 1. The lowest BCUT2D eigenvalue weighted by Gasteiger charge is -2.27. The van der Waals surface area contributed by atoms with E-state index in [1.807, 2.05) is 0 Å². The number of aliphatic hydroxyl groups is 1. The van der Waals surface area contributed by atoms with Gasteiger partial charge in [-0.15, -0.1) is 0 Å². The summed E-state index contributed by atoms with van der Waals surface area (Å²) in [5, 5.41) is 11.2. The molecule has 0 saturated carbocycles. The molecular weight excluding hydrogens is 470 g/mol. The summed E-state index contributed by atoms with van der Waals surface area (Å²) >= 11 is 6.48. The molecule has 0 aliphatic carbocycles. The van der Waals surface area contributed by atoms with E-state index < -0.39 is 29.5 Å². The van der Waals surface area contributed by atoms with E-state index in [2.05, 4.69) is 0 Å². The summed E-state index contributed by atoms with van der Waals surface area (Å²) in [6.07, 6.45) is 0. The molecule has 0 aromatic heterocycles. The molecule has 4 rings (SSSR count). The monoisotopic (exact) mass is 491 g/mol. The predicted molar refractivity (Wildman–Crippen MR) is 131 cm³/mol. The number of carbonyl (C=O) groups excluding carboxylic acids is 3. The van der Waals surface area contributed by atoms with Crippen LogP contribution in [0, 0.1) is 0 Å². The summed E-state index contributed by atoms with van der Waals surface area (Å²) in [5.41, 5.74) is 1.33. The zero-order valence-corrected chi connectivity index (χ0v) is 19.8. The van der Waals surface area contributed by atoms with Crippen LogP contribution in [0.15, 0.2) is 84.1 Å². The minimum atomic E-state index is -0.987. The molecule has 1 unspecified atom stereocenters. The molecule has 3 aromatic carbocycles. The molecule has 1 amide bonds. The number of ether oxygens (including phenoxy) is 2. The highest BCUT2D eigenvalue weighted by molar-refractivity contribution is 6.32. The summed E-state index contributed by atoms with van der Waals surface area (Å²) < 4.78 is 10.2. The Morgan fingerprint density at radius 1 is 0.971 bits per heavy atom. The van der Waals surface area contributed by atoms with Crippen LogP contribution in [0.1, 0.15) is 39.2 Å². The van der Waals surface area contributed by atoms with E-state index in [-0.39, 0.29) is 17.7 Å². The summed E-state index contributed by atoms with van der Waals surface area (Å²) in [4.78, 5) is 40.2. The van der Waals surface area contributed by atoms with Crippen LogP contribution in [-0.4, -0.2) is 36.5 Å². The second kappa shape index (κ2) is 10.0. The van der Waals surface area contributed by atoms with Crippen molar-refractivity contribution in [3.05, 3.63) is 106 Å². The van der Waals surface area contributed by atoms with E-state index in [0.29, 0.717) is 27.6 Å². The molecule has 0 saturated heterocycles. The Balaban J connectivity index is 1.81. The zero-order valence-electron chi connectivity index (χ0n) is 19.0. The maximum absolute atomic E-state index is 13.5. The van der Waals surface area contributed by atoms with Crippen molar-refractivity contribution in [2.45, 2.75) is 13.0 Å². The Labute approximate surface area is 207 Å². The van der Waals surface area contributed by atoms with Crippen LogP contribution >= 0.6 is 11.6 Å². The number of rotatable bonds is 7. The van der Waals surface area contributed by atoms with Gasteiger partial charge in [-0.05, 0) is 67.1 Å². The van der Waals surface area contributed by atoms with E-state index in [1.165, 1.54) is 24.1 Å². The maximum Gasteiger partial charge on any atom is 0.338 e. The lowest BCUT2D eigenvalue weighted by Crippen LogP contribution is -2.31. The van der Waals surface area contributed by atoms with Gasteiger partial charge in [0.1, 0.15) is 5.75 Å². The van der Waals surface area contributed by atoms with Crippen LogP contribution in [0.25, 0.3) is 0 Å². The first-order valence-corrected chi connectivity index (χ1v) is 11.2. The van der Waals surface area contributed by atoms with Gasteiger partial charge in [-0.3, -0.25) is 14.5 Å². The molecule has 8 heteroatoms. The van der Waals surface area contributed by atoms with Crippen molar-refractivity contribution in [2.75, 3.05) is 18.6 Å². The number of nitrogens with zero attached hydrogens (tertiary/aromatic N) is 1. The fraction of sp³-hybridized carbons (Fsp3) is 0.148. The Hall–Kier alpha value is -4.10. The standard InChI is InChI=1S/C27H22ClNO6/c1-3-35-27(33)17-8-12-18(13-9-17)29-23(20-6-4-5-7-21(20)28)22(25(31)26(29)32)24(30)16-10-14-19(34-2)15-11-16/h4-15,23,31H,3H2,1-2H3. The molecule has 1 aliphatic heterocycles. The molecule has 178 valence electrons. The largest absolute Gasteiger partial charge is 0.503 e. The van der Waals surface area contributed by atoms with Gasteiger partial charge in [-0.25, -0.2) is 4.79 Å². The molecule has 0 spiro atoms.